The Hall–Kier alpha value is -0.300. The van der Waals surface area contributed by atoms with Crippen LogP contribution in [0.15, 0.2) is 11.6 Å². The lowest BCUT2D eigenvalue weighted by Crippen LogP contribution is -2.25. The minimum Gasteiger partial charge on any atom is -0.311 e. The smallest absolute Gasteiger partial charge is 0.0139 e. The fourth-order valence-corrected chi connectivity index (χ4v) is 0.999. The lowest BCUT2D eigenvalue weighted by molar-refractivity contribution is 0.535. The summed E-state index contributed by atoms with van der Waals surface area (Å²) < 4.78 is 0. The van der Waals surface area contributed by atoms with Gasteiger partial charge >= 0.3 is 0 Å². The third-order valence-electron chi connectivity index (χ3n) is 1.70. The van der Waals surface area contributed by atoms with E-state index in [1.807, 2.05) is 0 Å². The van der Waals surface area contributed by atoms with Gasteiger partial charge in [-0.05, 0) is 27.2 Å². The molecule has 0 aliphatic carbocycles. The molecule has 0 aliphatic heterocycles. The third kappa shape index (κ3) is 7.60. The highest BCUT2D eigenvalue weighted by atomic mass is 14.9. The molecule has 0 radical (unpaired) electrons. The molecule has 0 saturated heterocycles. The molecule has 0 amide bonds. The summed E-state index contributed by atoms with van der Waals surface area (Å²) in [6.45, 7) is 9.74. The molecule has 0 heterocycles. The van der Waals surface area contributed by atoms with E-state index in [9.17, 15) is 0 Å². The maximum Gasteiger partial charge on any atom is 0.0139 e. The first kappa shape index (κ1) is 10.7. The highest BCUT2D eigenvalue weighted by molar-refractivity contribution is 4.94. The van der Waals surface area contributed by atoms with Gasteiger partial charge in [0.1, 0.15) is 0 Å². The summed E-state index contributed by atoms with van der Waals surface area (Å²) in [5.41, 5.74) is 1.39. The minimum absolute atomic E-state index is 0.663. The van der Waals surface area contributed by atoms with Crippen LogP contribution < -0.4 is 5.32 Å². The molecule has 0 saturated carbocycles. The molecule has 0 fully saturated rings. The Morgan fingerprint density at radius 1 is 1.45 bits per heavy atom. The third-order valence-corrected chi connectivity index (χ3v) is 1.70. The van der Waals surface area contributed by atoms with Gasteiger partial charge < -0.3 is 5.32 Å². The lowest BCUT2D eigenvalue weighted by Gasteiger charge is -2.10. The van der Waals surface area contributed by atoms with Crippen molar-refractivity contribution < 1.29 is 0 Å². The molecule has 0 aromatic carbocycles. The number of nitrogens with one attached hydrogen (secondary N) is 1. The molecule has 0 aromatic heterocycles. The van der Waals surface area contributed by atoms with Crippen LogP contribution >= 0.6 is 0 Å². The van der Waals surface area contributed by atoms with E-state index in [1.54, 1.807) is 0 Å². The van der Waals surface area contributed by atoms with Crippen LogP contribution in [0.25, 0.3) is 0 Å². The fraction of sp³-hybridized carbons (Fsp3) is 0.800. The van der Waals surface area contributed by atoms with Crippen molar-refractivity contribution in [2.45, 2.75) is 46.6 Å². The van der Waals surface area contributed by atoms with Gasteiger partial charge in [-0.1, -0.05) is 25.0 Å². The largest absolute Gasteiger partial charge is 0.311 e. The maximum atomic E-state index is 3.44. The van der Waals surface area contributed by atoms with Crippen LogP contribution in [-0.2, 0) is 0 Å². The van der Waals surface area contributed by atoms with Crippen molar-refractivity contribution in [2.75, 3.05) is 6.54 Å². The first-order valence-electron chi connectivity index (χ1n) is 4.53. The van der Waals surface area contributed by atoms with Gasteiger partial charge in [-0.3, -0.25) is 0 Å². The minimum atomic E-state index is 0.663. The molecule has 0 spiro atoms. The highest BCUT2D eigenvalue weighted by Gasteiger charge is 1.95. The zero-order valence-electron chi connectivity index (χ0n) is 8.28. The summed E-state index contributed by atoms with van der Waals surface area (Å²) in [5, 5.41) is 3.44. The predicted octanol–water partition coefficient (Wildman–Crippen LogP) is 2.73. The van der Waals surface area contributed by atoms with E-state index in [0.29, 0.717) is 6.04 Å². The zero-order valence-corrected chi connectivity index (χ0v) is 8.28. The van der Waals surface area contributed by atoms with E-state index in [2.05, 4.69) is 39.1 Å². The van der Waals surface area contributed by atoms with E-state index in [0.717, 1.165) is 6.54 Å². The zero-order chi connectivity index (χ0) is 8.69. The summed E-state index contributed by atoms with van der Waals surface area (Å²) in [6, 6.07) is 0.663. The van der Waals surface area contributed by atoms with Crippen molar-refractivity contribution in [1.82, 2.24) is 5.32 Å². The topological polar surface area (TPSA) is 12.0 Å². The van der Waals surface area contributed by atoms with Gasteiger partial charge in [0.05, 0.1) is 0 Å². The van der Waals surface area contributed by atoms with Gasteiger partial charge in [-0.25, -0.2) is 0 Å². The quantitative estimate of drug-likeness (QED) is 0.602. The Balaban J connectivity index is 3.31. The second-order valence-corrected chi connectivity index (χ2v) is 3.38. The lowest BCUT2D eigenvalue weighted by atomic mass is 10.2. The molecule has 1 unspecified atom stereocenters. The average Bonchev–Trinajstić information content (AvgIpc) is 1.87. The molecular formula is C10H21N. The van der Waals surface area contributed by atoms with E-state index >= 15 is 0 Å². The number of allylic oxidation sites excluding steroid dienone is 1. The second kappa shape index (κ2) is 6.41. The van der Waals surface area contributed by atoms with Gasteiger partial charge in [-0.2, -0.15) is 0 Å². The Labute approximate surface area is 70.9 Å². The van der Waals surface area contributed by atoms with Gasteiger partial charge in [0.2, 0.25) is 0 Å². The van der Waals surface area contributed by atoms with Crippen LogP contribution in [0.3, 0.4) is 0 Å². The summed E-state index contributed by atoms with van der Waals surface area (Å²) in [5.74, 6) is 0. The highest BCUT2D eigenvalue weighted by Crippen LogP contribution is 1.94. The van der Waals surface area contributed by atoms with Gasteiger partial charge in [0.25, 0.3) is 0 Å². The molecule has 0 aliphatic rings. The van der Waals surface area contributed by atoms with Crippen molar-refractivity contribution >= 4 is 0 Å². The fourth-order valence-electron chi connectivity index (χ4n) is 0.999. The second-order valence-electron chi connectivity index (χ2n) is 3.38. The summed E-state index contributed by atoms with van der Waals surface area (Å²) >= 11 is 0. The number of rotatable bonds is 5. The van der Waals surface area contributed by atoms with Gasteiger partial charge in [0, 0.05) is 12.6 Å². The van der Waals surface area contributed by atoms with Crippen molar-refractivity contribution in [3.05, 3.63) is 11.6 Å². The van der Waals surface area contributed by atoms with E-state index in [4.69, 9.17) is 0 Å². The van der Waals surface area contributed by atoms with Crippen molar-refractivity contribution in [3.63, 3.8) is 0 Å². The van der Waals surface area contributed by atoms with Crippen LogP contribution in [-0.4, -0.2) is 12.6 Å². The van der Waals surface area contributed by atoms with E-state index in [-0.39, 0.29) is 0 Å². The molecular weight excluding hydrogens is 134 g/mol. The van der Waals surface area contributed by atoms with Crippen LogP contribution in [0.1, 0.15) is 40.5 Å². The standard InChI is InChI=1S/C10H21N/c1-5-6-10(4)11-8-7-9(2)3/h7,10-11H,5-6,8H2,1-4H3. The Morgan fingerprint density at radius 2 is 2.09 bits per heavy atom. The Bertz CT molecular complexity index is 112. The first-order chi connectivity index (χ1) is 5.16. The molecule has 1 N–H and O–H groups in total. The molecule has 0 bridgehead atoms. The Morgan fingerprint density at radius 3 is 2.55 bits per heavy atom. The molecule has 0 rings (SSSR count). The molecule has 0 aromatic rings. The van der Waals surface area contributed by atoms with Crippen LogP contribution in [0.5, 0.6) is 0 Å². The monoisotopic (exact) mass is 155 g/mol. The predicted molar refractivity (Wildman–Crippen MR) is 51.8 cm³/mol. The first-order valence-corrected chi connectivity index (χ1v) is 4.53. The van der Waals surface area contributed by atoms with E-state index in [1.165, 1.54) is 18.4 Å². The molecule has 1 atom stereocenters. The van der Waals surface area contributed by atoms with Gasteiger partial charge in [0.15, 0.2) is 0 Å². The van der Waals surface area contributed by atoms with Crippen LogP contribution in [0.2, 0.25) is 0 Å². The van der Waals surface area contributed by atoms with Crippen molar-refractivity contribution in [1.29, 1.82) is 0 Å². The summed E-state index contributed by atoms with van der Waals surface area (Å²) in [4.78, 5) is 0. The summed E-state index contributed by atoms with van der Waals surface area (Å²) in [7, 11) is 0. The van der Waals surface area contributed by atoms with Crippen LogP contribution in [0, 0.1) is 0 Å². The molecule has 11 heavy (non-hydrogen) atoms. The van der Waals surface area contributed by atoms with Gasteiger partial charge in [-0.15, -0.1) is 0 Å². The van der Waals surface area contributed by atoms with Crippen LogP contribution in [0.4, 0.5) is 0 Å². The normalized spacial score (nSPS) is 12.7. The molecule has 66 valence electrons. The maximum absolute atomic E-state index is 3.44. The number of hydrogen-bond donors (Lipinski definition) is 1. The SMILES string of the molecule is CCCC(C)NCC=C(C)C. The van der Waals surface area contributed by atoms with Crippen molar-refractivity contribution in [2.24, 2.45) is 0 Å². The average molecular weight is 155 g/mol. The van der Waals surface area contributed by atoms with E-state index < -0.39 is 0 Å². The summed E-state index contributed by atoms with van der Waals surface area (Å²) in [6.07, 6.45) is 4.77. The number of hydrogen-bond acceptors (Lipinski definition) is 1. The van der Waals surface area contributed by atoms with Crippen molar-refractivity contribution in [3.8, 4) is 0 Å². The molecule has 1 heteroatoms. The molecule has 1 nitrogen and oxygen atoms in total. The Kier molecular flexibility index (Phi) is 6.24.